The number of sulfonamides is 1. The first-order valence-electron chi connectivity index (χ1n) is 35.9. The summed E-state index contributed by atoms with van der Waals surface area (Å²) in [7, 11) is 20.4. The molecule has 1 unspecified atom stereocenters. The van der Waals surface area contributed by atoms with Gasteiger partial charge in [0.15, 0.2) is 0 Å². The molecular weight excluding hydrogens is 1310 g/mol. The van der Waals surface area contributed by atoms with Gasteiger partial charge in [-0.25, -0.2) is 12.7 Å². The van der Waals surface area contributed by atoms with Crippen molar-refractivity contribution in [2.24, 2.45) is 0 Å². The third-order valence-corrected chi connectivity index (χ3v) is 19.1. The number of morpholine rings is 1. The Morgan fingerprint density at radius 3 is 1.44 bits per heavy atom. The van der Waals surface area contributed by atoms with Crippen LogP contribution in [-0.4, -0.2) is 374 Å². The Bertz CT molecular complexity index is 2380. The number of ether oxygens (including phenoxy) is 1. The molecule has 6 saturated heterocycles. The number of piperazine rings is 2. The first-order chi connectivity index (χ1) is 47.3. The summed E-state index contributed by atoms with van der Waals surface area (Å²) in [5, 5.41) is 50.2. The monoisotopic (exact) mass is 1450 g/mol. The van der Waals surface area contributed by atoms with E-state index in [-0.39, 0.29) is 12.1 Å². The van der Waals surface area contributed by atoms with Crippen molar-refractivity contribution in [1.29, 1.82) is 0 Å². The maximum atomic E-state index is 11.0. The number of nitrogens with zero attached hydrogens (tertiary/aromatic N) is 12. The maximum absolute atomic E-state index is 11.0. The van der Waals surface area contributed by atoms with Crippen LogP contribution < -0.4 is 58.5 Å². The van der Waals surface area contributed by atoms with Crippen LogP contribution >= 0.6 is 11.8 Å². The number of anilines is 3. The van der Waals surface area contributed by atoms with E-state index in [9.17, 15) is 21.6 Å². The highest BCUT2D eigenvalue weighted by atomic mass is 32.2. The van der Waals surface area contributed by atoms with Crippen molar-refractivity contribution in [1.82, 2.24) is 100 Å². The Balaban J connectivity index is 0.000000553. The first kappa shape index (κ1) is 93.5. The third-order valence-electron chi connectivity index (χ3n) is 16.9. The standard InChI is InChI=1S/C11H21N3.C9H18N2.C7H14N4.C7H17N3.C7H16N2O.C6H11N3O.C6H14N2O2S.C6H14N2.C5H11NS.C3H6F3N/c1-11(2,3)13-6-8-14-7-5-10(9-14)12-4;1-10-8-4-6-11(7-5-8)9-2-3-9;1-8-3-4-11-6-7(9-2)5-10-11;1-8-2-5-10-6-3-9-4-7-10;1-8-2-3-9-4-6-10-7-5-9;1-7-6-4-8-9(5-6)2-3-10;1-7-6-3-4-8(5-6)11(2,9)10;1-7-3-5-8(2)6-4-7;1-6-2-4-7-5-3-6;1-7-2-3(4,5)6/h5,7,9,12-13H,6,8H2,1-4H3;8-10H,2-7H2,1H3;5-6,8-9H,3-4H2,1-2H3;8-9H,2-7H2,1H3;8H,2-7H2,1H3;4-5,7,10H,2-3H2,1H3;6-7H,3-5H2,1-2H3;3-6H2,1-2H3;2-5H2,1H3;7H,2H2,1H3. The Morgan fingerprint density at radius 2 is 1.07 bits per heavy atom. The Kier molecular flexibility index (Phi) is 53.8. The van der Waals surface area contributed by atoms with Crippen LogP contribution in [0.4, 0.5) is 30.2 Å². The number of likely N-dealkylation sites (N-methyl/N-ethyl adjacent to an activating group) is 6. The number of nitrogens with one attached hydrogen (secondary N) is 11. The minimum Gasteiger partial charge on any atom is -0.394 e. The predicted octanol–water partition coefficient (Wildman–Crippen LogP) is 2.00. The number of likely N-dealkylation sites (tertiary alicyclic amines) is 1. The molecule has 1 aliphatic carbocycles. The molecule has 3 aromatic rings. The van der Waals surface area contributed by atoms with Gasteiger partial charge in [-0.05, 0) is 135 Å². The lowest BCUT2D eigenvalue weighted by atomic mass is 10.1. The van der Waals surface area contributed by atoms with Gasteiger partial charge in [-0.3, -0.25) is 19.2 Å². The number of alkyl halides is 3. The average molecular weight is 1460 g/mol. The van der Waals surface area contributed by atoms with Crippen LogP contribution in [0.1, 0.15) is 52.9 Å². The van der Waals surface area contributed by atoms with Crippen molar-refractivity contribution >= 4 is 38.8 Å². The van der Waals surface area contributed by atoms with E-state index in [0.717, 1.165) is 115 Å². The highest BCUT2D eigenvalue weighted by Crippen LogP contribution is 2.29. The van der Waals surface area contributed by atoms with E-state index in [4.69, 9.17) is 9.84 Å². The van der Waals surface area contributed by atoms with Crippen molar-refractivity contribution in [3.63, 3.8) is 0 Å². The molecule has 7 aliphatic rings. The van der Waals surface area contributed by atoms with Crippen molar-refractivity contribution in [2.75, 3.05) is 289 Å². The Labute approximate surface area is 602 Å². The Hall–Kier alpha value is -3.49. The van der Waals surface area contributed by atoms with E-state index in [2.05, 4.69) is 177 Å². The van der Waals surface area contributed by atoms with E-state index in [1.54, 1.807) is 10.9 Å². The fraction of sp³-hybridized carbons (Fsp3) is 0.851. The molecule has 27 nitrogen and oxygen atoms in total. The van der Waals surface area contributed by atoms with Crippen LogP contribution in [0.15, 0.2) is 43.2 Å². The van der Waals surface area contributed by atoms with Gasteiger partial charge in [0, 0.05) is 219 Å². The number of piperidine rings is 1. The second-order valence-electron chi connectivity index (χ2n) is 26.5. The van der Waals surface area contributed by atoms with Crippen molar-refractivity contribution < 1.29 is 31.4 Å². The van der Waals surface area contributed by atoms with Gasteiger partial charge >= 0.3 is 6.18 Å². The fourth-order valence-electron chi connectivity index (χ4n) is 10.2. The summed E-state index contributed by atoms with van der Waals surface area (Å²) in [6.45, 7) is 34.9. The molecular formula is C67H142F3N23O4S2. The van der Waals surface area contributed by atoms with Gasteiger partial charge in [0.25, 0.3) is 0 Å². The van der Waals surface area contributed by atoms with E-state index < -0.39 is 22.7 Å². The van der Waals surface area contributed by atoms with Crippen molar-refractivity contribution in [2.45, 2.75) is 102 Å². The second kappa shape index (κ2) is 56.9. The lowest BCUT2D eigenvalue weighted by Crippen LogP contribution is -2.45. The SMILES string of the molecule is CN1CCN(C)CC1.CN1CCSCC1.CNC1CCN(C2CC2)CC1.CNC1CCN(S(C)(=O)=O)C1.CNCC(F)(F)F.CNCCN1CCNCC1.CNCCN1CCOCC1.CNCCn1cc(NC)cn1.CNc1ccn(CCNC(C)(C)C)c1.CNc1cnn(CCO)c1. The molecule has 0 amide bonds. The number of aromatic nitrogens is 5. The van der Waals surface area contributed by atoms with Crippen LogP contribution in [0.5, 0.6) is 0 Å². The number of hydrogen-bond donors (Lipinski definition) is 12. The number of rotatable bonds is 22. The zero-order valence-corrected chi connectivity index (χ0v) is 65.9. The molecule has 32 heteroatoms. The van der Waals surface area contributed by atoms with Gasteiger partial charge in [0.1, 0.15) is 0 Å². The molecule has 1 atom stereocenters. The van der Waals surface area contributed by atoms with Crippen LogP contribution in [0.25, 0.3) is 0 Å². The molecule has 10 rings (SSSR count). The summed E-state index contributed by atoms with van der Waals surface area (Å²) in [6, 6.07) is 4.19. The zero-order chi connectivity index (χ0) is 73.7. The molecule has 3 aromatic heterocycles. The molecule has 0 aromatic carbocycles. The summed E-state index contributed by atoms with van der Waals surface area (Å²) < 4.78 is 67.5. The number of hydrogen-bond acceptors (Lipinski definition) is 24. The lowest BCUT2D eigenvalue weighted by Gasteiger charge is -2.31. The van der Waals surface area contributed by atoms with Gasteiger partial charge in [-0.15, -0.1) is 0 Å². The van der Waals surface area contributed by atoms with Gasteiger partial charge in [-0.1, -0.05) is 0 Å². The fourth-order valence-corrected chi connectivity index (χ4v) is 12.1. The second-order valence-corrected chi connectivity index (χ2v) is 29.7. The summed E-state index contributed by atoms with van der Waals surface area (Å²) in [6.07, 6.45) is 15.3. The van der Waals surface area contributed by atoms with E-state index in [1.165, 1.54) is 132 Å². The summed E-state index contributed by atoms with van der Waals surface area (Å²) >= 11 is 2.06. The smallest absolute Gasteiger partial charge is 0.394 e. The van der Waals surface area contributed by atoms with Crippen molar-refractivity contribution in [3.8, 4) is 0 Å². The lowest BCUT2D eigenvalue weighted by molar-refractivity contribution is -0.123. The molecule has 99 heavy (non-hydrogen) atoms. The molecule has 9 heterocycles. The number of halogens is 3. The van der Waals surface area contributed by atoms with Crippen LogP contribution in [0, 0.1) is 0 Å². The third kappa shape index (κ3) is 51.3. The zero-order valence-electron chi connectivity index (χ0n) is 64.2. The quantitative estimate of drug-likeness (QED) is 0.0687. The molecule has 7 fully saturated rings. The van der Waals surface area contributed by atoms with E-state index >= 15 is 0 Å². The molecule has 6 aliphatic heterocycles. The molecule has 1 saturated carbocycles. The maximum Gasteiger partial charge on any atom is 0.401 e. The highest BCUT2D eigenvalue weighted by molar-refractivity contribution is 7.99. The predicted molar refractivity (Wildman–Crippen MR) is 411 cm³/mol. The van der Waals surface area contributed by atoms with E-state index in [1.807, 2.05) is 77.9 Å². The van der Waals surface area contributed by atoms with Gasteiger partial charge in [0.05, 0.1) is 75.2 Å². The van der Waals surface area contributed by atoms with Crippen LogP contribution in [-0.2, 0) is 34.4 Å². The average Bonchev–Trinajstić information content (AvgIpc) is 1.73. The molecule has 582 valence electrons. The summed E-state index contributed by atoms with van der Waals surface area (Å²) in [5.74, 6) is 2.66. The van der Waals surface area contributed by atoms with Crippen LogP contribution in [0.3, 0.4) is 0 Å². The minimum atomic E-state index is -4.06. The number of aliphatic hydroxyl groups excluding tert-OH is 1. The van der Waals surface area contributed by atoms with Crippen LogP contribution in [0.2, 0.25) is 0 Å². The topological polar surface area (TPSA) is 259 Å². The number of thioether (sulfide) groups is 1. The number of aliphatic hydroxyl groups is 1. The largest absolute Gasteiger partial charge is 0.401 e. The van der Waals surface area contributed by atoms with E-state index in [0.29, 0.717) is 25.7 Å². The normalized spacial score (nSPS) is 19.1. The summed E-state index contributed by atoms with van der Waals surface area (Å²) in [5.41, 5.74) is 3.40. The highest BCUT2D eigenvalue weighted by Gasteiger charge is 2.31. The van der Waals surface area contributed by atoms with Gasteiger partial charge in [0.2, 0.25) is 10.0 Å². The molecule has 0 spiro atoms. The first-order valence-corrected chi connectivity index (χ1v) is 38.9. The van der Waals surface area contributed by atoms with Gasteiger partial charge < -0.3 is 92.5 Å². The Morgan fingerprint density at radius 1 is 0.586 bits per heavy atom. The molecule has 0 radical (unpaired) electrons. The summed E-state index contributed by atoms with van der Waals surface area (Å²) in [4.78, 5) is 14.7. The van der Waals surface area contributed by atoms with Crippen molar-refractivity contribution in [3.05, 3.63) is 43.2 Å². The van der Waals surface area contributed by atoms with Gasteiger partial charge in [-0.2, -0.15) is 35.1 Å². The minimum absolute atomic E-state index is 0.130. The molecule has 0 bridgehead atoms. The molecule has 12 N–H and O–H groups in total.